The molecule has 1 N–H and O–H groups in total. The Morgan fingerprint density at radius 1 is 1.32 bits per heavy atom. The molecule has 2 heterocycles. The molecule has 1 aliphatic carbocycles. The van der Waals surface area contributed by atoms with Crippen LogP contribution >= 0.6 is 27.3 Å². The van der Waals surface area contributed by atoms with Gasteiger partial charge in [-0.2, -0.15) is 0 Å². The van der Waals surface area contributed by atoms with Gasteiger partial charge in [-0.15, -0.1) is 11.3 Å². The minimum Gasteiger partial charge on any atom is -0.348 e. The fourth-order valence-electron chi connectivity index (χ4n) is 3.94. The quantitative estimate of drug-likeness (QED) is 0.582. The Kier molecular flexibility index (Phi) is 5.92. The van der Waals surface area contributed by atoms with Crippen molar-refractivity contribution in [2.45, 2.75) is 44.7 Å². The summed E-state index contributed by atoms with van der Waals surface area (Å²) in [6.07, 6.45) is 6.57. The first-order chi connectivity index (χ1) is 13.6. The first-order valence-electron chi connectivity index (χ1n) is 9.59. The van der Waals surface area contributed by atoms with Gasteiger partial charge in [0.2, 0.25) is 5.91 Å². The van der Waals surface area contributed by atoms with E-state index >= 15 is 0 Å². The standard InChI is InChI=1S/C21H22BrN3O2S/c22-15-7-8-17-16(12-15)21(27)25(13-23-17)10-9-19(26)24-20(14-4-1-2-5-14)18-6-3-11-28-18/h3,6-8,11-14,20H,1-2,4-5,9-10H2,(H,24,26). The SMILES string of the molecule is O=C(CCn1cnc2ccc(Br)cc2c1=O)NC(c1cccs1)C1CCCC1. The lowest BCUT2D eigenvalue weighted by atomic mass is 9.96. The molecule has 1 fully saturated rings. The number of aromatic nitrogens is 2. The number of benzene rings is 1. The van der Waals surface area contributed by atoms with Crippen molar-refractivity contribution in [2.75, 3.05) is 0 Å². The molecule has 1 aliphatic rings. The number of carbonyl (C=O) groups is 1. The predicted octanol–water partition coefficient (Wildman–Crippen LogP) is 4.66. The Labute approximate surface area is 175 Å². The molecule has 7 heteroatoms. The molecule has 0 spiro atoms. The number of thiophene rings is 1. The fourth-order valence-corrected chi connectivity index (χ4v) is 5.17. The molecule has 1 atom stereocenters. The lowest BCUT2D eigenvalue weighted by Crippen LogP contribution is -2.33. The molecule has 1 unspecified atom stereocenters. The second kappa shape index (κ2) is 8.57. The summed E-state index contributed by atoms with van der Waals surface area (Å²) in [7, 11) is 0. The molecule has 4 rings (SSSR count). The highest BCUT2D eigenvalue weighted by Crippen LogP contribution is 2.37. The molecule has 28 heavy (non-hydrogen) atoms. The van der Waals surface area contributed by atoms with Crippen LogP contribution in [-0.2, 0) is 11.3 Å². The number of hydrogen-bond donors (Lipinski definition) is 1. The van der Waals surface area contributed by atoms with Crippen LogP contribution in [0.3, 0.4) is 0 Å². The highest BCUT2D eigenvalue weighted by Gasteiger charge is 2.28. The number of nitrogens with one attached hydrogen (secondary N) is 1. The van der Waals surface area contributed by atoms with E-state index in [1.54, 1.807) is 17.4 Å². The van der Waals surface area contributed by atoms with E-state index in [9.17, 15) is 9.59 Å². The van der Waals surface area contributed by atoms with E-state index in [0.717, 1.165) is 17.3 Å². The van der Waals surface area contributed by atoms with E-state index in [2.05, 4.69) is 37.7 Å². The maximum Gasteiger partial charge on any atom is 0.261 e. The molecule has 0 bridgehead atoms. The Bertz CT molecular complexity index is 1030. The molecule has 0 radical (unpaired) electrons. The predicted molar refractivity (Wildman–Crippen MR) is 115 cm³/mol. The number of amides is 1. The molecule has 1 amide bonds. The number of nitrogens with zero attached hydrogens (tertiary/aromatic N) is 2. The molecule has 3 aromatic rings. The van der Waals surface area contributed by atoms with Crippen LogP contribution in [0.5, 0.6) is 0 Å². The van der Waals surface area contributed by atoms with Crippen LogP contribution in [0.2, 0.25) is 0 Å². The third kappa shape index (κ3) is 4.20. The van der Waals surface area contributed by atoms with Gasteiger partial charge in [0.05, 0.1) is 23.3 Å². The second-order valence-electron chi connectivity index (χ2n) is 7.26. The van der Waals surface area contributed by atoms with Crippen LogP contribution in [0.15, 0.2) is 51.3 Å². The topological polar surface area (TPSA) is 64.0 Å². The van der Waals surface area contributed by atoms with Gasteiger partial charge in [0.25, 0.3) is 5.56 Å². The molecular weight excluding hydrogens is 438 g/mol. The van der Waals surface area contributed by atoms with Crippen LogP contribution in [-0.4, -0.2) is 15.5 Å². The van der Waals surface area contributed by atoms with Gasteiger partial charge in [-0.25, -0.2) is 4.98 Å². The summed E-state index contributed by atoms with van der Waals surface area (Å²) < 4.78 is 2.36. The molecule has 5 nitrogen and oxygen atoms in total. The highest BCUT2D eigenvalue weighted by molar-refractivity contribution is 9.10. The van der Waals surface area contributed by atoms with Gasteiger partial charge in [0.1, 0.15) is 0 Å². The van der Waals surface area contributed by atoms with Crippen LogP contribution in [0.4, 0.5) is 0 Å². The molecule has 146 valence electrons. The number of carbonyl (C=O) groups excluding carboxylic acids is 1. The zero-order valence-corrected chi connectivity index (χ0v) is 17.8. The third-order valence-corrected chi connectivity index (χ3v) is 6.85. The van der Waals surface area contributed by atoms with Crippen molar-refractivity contribution >= 4 is 44.1 Å². The Hall–Kier alpha value is -1.99. The number of halogens is 1. The average molecular weight is 460 g/mol. The number of aryl methyl sites for hydroxylation is 1. The van der Waals surface area contributed by atoms with Crippen LogP contribution < -0.4 is 10.9 Å². The van der Waals surface area contributed by atoms with Crippen LogP contribution in [0.1, 0.15) is 43.0 Å². The first kappa shape index (κ1) is 19.3. The summed E-state index contributed by atoms with van der Waals surface area (Å²) in [5.74, 6) is 0.483. The molecule has 1 saturated carbocycles. The number of rotatable bonds is 6. The van der Waals surface area contributed by atoms with E-state index in [4.69, 9.17) is 0 Å². The molecule has 0 saturated heterocycles. The summed E-state index contributed by atoms with van der Waals surface area (Å²) in [5.41, 5.74) is 0.539. The van der Waals surface area contributed by atoms with E-state index in [-0.39, 0.29) is 23.9 Å². The summed E-state index contributed by atoms with van der Waals surface area (Å²) in [4.78, 5) is 30.9. The smallest absolute Gasteiger partial charge is 0.261 e. The second-order valence-corrected chi connectivity index (χ2v) is 9.15. The summed E-state index contributed by atoms with van der Waals surface area (Å²) >= 11 is 5.09. The van der Waals surface area contributed by atoms with Gasteiger partial charge in [-0.05, 0) is 48.4 Å². The minimum atomic E-state index is -0.121. The average Bonchev–Trinajstić information content (AvgIpc) is 3.40. The van der Waals surface area contributed by atoms with Crippen molar-refractivity contribution < 1.29 is 4.79 Å². The highest BCUT2D eigenvalue weighted by atomic mass is 79.9. The maximum absolute atomic E-state index is 12.7. The Morgan fingerprint density at radius 3 is 2.89 bits per heavy atom. The van der Waals surface area contributed by atoms with Crippen LogP contribution in [0.25, 0.3) is 10.9 Å². The van der Waals surface area contributed by atoms with Gasteiger partial charge >= 0.3 is 0 Å². The zero-order valence-electron chi connectivity index (χ0n) is 15.4. The van der Waals surface area contributed by atoms with Crippen molar-refractivity contribution in [1.82, 2.24) is 14.9 Å². The fraction of sp³-hybridized carbons (Fsp3) is 0.381. The largest absolute Gasteiger partial charge is 0.348 e. The van der Waals surface area contributed by atoms with Crippen LogP contribution in [0, 0.1) is 5.92 Å². The van der Waals surface area contributed by atoms with E-state index in [1.807, 2.05) is 18.2 Å². The first-order valence-corrected chi connectivity index (χ1v) is 11.3. The van der Waals surface area contributed by atoms with Gasteiger partial charge < -0.3 is 5.32 Å². The van der Waals surface area contributed by atoms with Crippen molar-refractivity contribution in [3.8, 4) is 0 Å². The van der Waals surface area contributed by atoms with Crippen molar-refractivity contribution in [3.63, 3.8) is 0 Å². The lowest BCUT2D eigenvalue weighted by Gasteiger charge is -2.24. The Balaban J connectivity index is 1.45. The molecule has 1 aromatic carbocycles. The molecule has 2 aromatic heterocycles. The van der Waals surface area contributed by atoms with Gasteiger partial charge in [-0.1, -0.05) is 34.8 Å². The minimum absolute atomic E-state index is 0.0217. The number of fused-ring (bicyclic) bond motifs is 1. The van der Waals surface area contributed by atoms with Gasteiger partial charge in [-0.3, -0.25) is 14.2 Å². The molecule has 0 aliphatic heterocycles. The summed E-state index contributed by atoms with van der Waals surface area (Å²) in [6, 6.07) is 9.66. The number of hydrogen-bond acceptors (Lipinski definition) is 4. The van der Waals surface area contributed by atoms with Gasteiger partial charge in [0.15, 0.2) is 0 Å². The van der Waals surface area contributed by atoms with E-state index in [1.165, 1.54) is 28.6 Å². The van der Waals surface area contributed by atoms with Crippen molar-refractivity contribution in [3.05, 3.63) is 61.7 Å². The summed E-state index contributed by atoms with van der Waals surface area (Å²) in [6.45, 7) is 0.321. The summed E-state index contributed by atoms with van der Waals surface area (Å²) in [5, 5.41) is 5.84. The Morgan fingerprint density at radius 2 is 2.14 bits per heavy atom. The van der Waals surface area contributed by atoms with Gasteiger partial charge in [0, 0.05) is 22.3 Å². The van der Waals surface area contributed by atoms with Crippen molar-refractivity contribution in [1.29, 1.82) is 0 Å². The monoisotopic (exact) mass is 459 g/mol. The maximum atomic E-state index is 12.7. The molecular formula is C21H22BrN3O2S. The lowest BCUT2D eigenvalue weighted by molar-refractivity contribution is -0.122. The van der Waals surface area contributed by atoms with E-state index < -0.39 is 0 Å². The van der Waals surface area contributed by atoms with E-state index in [0.29, 0.717) is 23.4 Å². The zero-order chi connectivity index (χ0) is 19.5. The third-order valence-electron chi connectivity index (χ3n) is 5.40. The normalized spacial score (nSPS) is 15.8. The van der Waals surface area contributed by atoms with Crippen molar-refractivity contribution in [2.24, 2.45) is 5.92 Å².